The molecule has 0 rings (SSSR count). The maximum atomic E-state index is 11.3. The molecule has 16 heavy (non-hydrogen) atoms. The van der Waals surface area contributed by atoms with E-state index in [9.17, 15) is 9.00 Å². The summed E-state index contributed by atoms with van der Waals surface area (Å²) < 4.78 is 16.1. The largest absolute Gasteiger partial charge is 0.465 e. The Kier molecular flexibility index (Phi) is 8.42. The fourth-order valence-electron chi connectivity index (χ4n) is 0.908. The van der Waals surface area contributed by atoms with Gasteiger partial charge >= 0.3 is 5.97 Å². The van der Waals surface area contributed by atoms with Crippen LogP contribution in [0.15, 0.2) is 0 Å². The quantitative estimate of drug-likeness (QED) is 0.578. The minimum absolute atomic E-state index is 0.101. The van der Waals surface area contributed by atoms with Crippen molar-refractivity contribution in [3.05, 3.63) is 0 Å². The highest BCUT2D eigenvalue weighted by atomic mass is 32.2. The monoisotopic (exact) mass is 252 g/mol. The van der Waals surface area contributed by atoms with Crippen molar-refractivity contribution >= 4 is 16.8 Å². The molecule has 0 bridgehead atoms. The third kappa shape index (κ3) is 8.82. The van der Waals surface area contributed by atoms with Gasteiger partial charge in [-0.25, -0.2) is 0 Å². The van der Waals surface area contributed by atoms with Crippen molar-refractivity contribution in [2.45, 2.75) is 26.4 Å². The van der Waals surface area contributed by atoms with Crippen LogP contribution in [0.3, 0.4) is 0 Å². The van der Waals surface area contributed by atoms with Crippen LogP contribution in [-0.2, 0) is 20.3 Å². The lowest BCUT2D eigenvalue weighted by Crippen LogP contribution is -2.25. The van der Waals surface area contributed by atoms with Crippen molar-refractivity contribution in [3.8, 4) is 0 Å². The van der Waals surface area contributed by atoms with Crippen LogP contribution in [-0.4, -0.2) is 51.2 Å². The van der Waals surface area contributed by atoms with Gasteiger partial charge in [0.1, 0.15) is 5.75 Å². The maximum absolute atomic E-state index is 11.3. The second kappa shape index (κ2) is 8.66. The van der Waals surface area contributed by atoms with Crippen LogP contribution < -0.4 is 0 Å². The molecule has 5 nitrogen and oxygen atoms in total. The van der Waals surface area contributed by atoms with Crippen LogP contribution in [0.5, 0.6) is 0 Å². The lowest BCUT2D eigenvalue weighted by atomic mass is 10.1. The Balaban J connectivity index is 3.66. The Morgan fingerprint density at radius 2 is 2.06 bits per heavy atom. The van der Waals surface area contributed by atoms with Crippen molar-refractivity contribution in [2.24, 2.45) is 5.92 Å². The van der Waals surface area contributed by atoms with Gasteiger partial charge in [0, 0.05) is 10.8 Å². The van der Waals surface area contributed by atoms with Crippen molar-refractivity contribution in [1.29, 1.82) is 0 Å². The lowest BCUT2D eigenvalue weighted by Gasteiger charge is -2.08. The summed E-state index contributed by atoms with van der Waals surface area (Å²) in [6, 6.07) is 0. The number of aliphatic hydroxyl groups is 2. The lowest BCUT2D eigenvalue weighted by molar-refractivity contribution is -0.140. The van der Waals surface area contributed by atoms with Gasteiger partial charge in [-0.1, -0.05) is 13.8 Å². The van der Waals surface area contributed by atoms with Gasteiger partial charge in [-0.15, -0.1) is 0 Å². The summed E-state index contributed by atoms with van der Waals surface area (Å²) in [5.41, 5.74) is 0. The SMILES string of the molecule is CC(C)CCOC(=O)CS(=O)CC(O)CO. The molecule has 0 saturated heterocycles. The number of carbonyl (C=O) groups excluding carboxylic acids is 1. The zero-order chi connectivity index (χ0) is 12.6. The van der Waals surface area contributed by atoms with Crippen LogP contribution >= 0.6 is 0 Å². The fourth-order valence-corrected chi connectivity index (χ4v) is 1.91. The Hall–Kier alpha value is -0.460. The molecular weight excluding hydrogens is 232 g/mol. The first-order chi connectivity index (χ1) is 7.45. The van der Waals surface area contributed by atoms with E-state index in [1.165, 1.54) is 0 Å². The molecule has 0 amide bonds. The van der Waals surface area contributed by atoms with E-state index < -0.39 is 29.5 Å². The molecule has 0 aliphatic rings. The molecule has 0 aliphatic heterocycles. The van der Waals surface area contributed by atoms with Gasteiger partial charge in [-0.05, 0) is 12.3 Å². The first kappa shape index (κ1) is 15.5. The molecule has 2 N–H and O–H groups in total. The summed E-state index contributed by atoms with van der Waals surface area (Å²) in [5.74, 6) is -0.399. The number of aliphatic hydroxyl groups excluding tert-OH is 2. The standard InChI is InChI=1S/C10H20O5S/c1-8(2)3-4-15-10(13)7-16(14)6-9(12)5-11/h8-9,11-12H,3-7H2,1-2H3. The molecule has 96 valence electrons. The third-order valence-electron chi connectivity index (χ3n) is 1.83. The van der Waals surface area contributed by atoms with Crippen LogP contribution in [0.1, 0.15) is 20.3 Å². The first-order valence-corrected chi connectivity index (χ1v) is 6.74. The number of rotatable bonds is 8. The average Bonchev–Trinajstić information content (AvgIpc) is 2.16. The second-order valence-electron chi connectivity index (χ2n) is 3.99. The van der Waals surface area contributed by atoms with Crippen molar-refractivity contribution in [2.75, 3.05) is 24.7 Å². The minimum atomic E-state index is -1.48. The normalized spacial score (nSPS) is 14.8. The van der Waals surface area contributed by atoms with E-state index in [-0.39, 0.29) is 11.5 Å². The van der Waals surface area contributed by atoms with E-state index in [4.69, 9.17) is 14.9 Å². The molecule has 0 aromatic heterocycles. The van der Waals surface area contributed by atoms with Gasteiger partial charge in [0.25, 0.3) is 0 Å². The fraction of sp³-hybridized carbons (Fsp3) is 0.900. The van der Waals surface area contributed by atoms with E-state index in [1.54, 1.807) is 0 Å². The van der Waals surface area contributed by atoms with Gasteiger partial charge < -0.3 is 14.9 Å². The molecule has 2 atom stereocenters. The zero-order valence-corrected chi connectivity index (χ0v) is 10.5. The van der Waals surface area contributed by atoms with Crippen LogP contribution in [0.25, 0.3) is 0 Å². The Labute approximate surface area is 98.3 Å². The molecule has 0 heterocycles. The number of hydrogen-bond donors (Lipinski definition) is 2. The molecule has 2 unspecified atom stereocenters. The smallest absolute Gasteiger partial charge is 0.318 e. The zero-order valence-electron chi connectivity index (χ0n) is 9.72. The van der Waals surface area contributed by atoms with Crippen LogP contribution in [0.2, 0.25) is 0 Å². The molecule has 0 aromatic rings. The van der Waals surface area contributed by atoms with E-state index in [0.29, 0.717) is 12.5 Å². The molecule has 0 saturated carbocycles. The van der Waals surface area contributed by atoms with Crippen LogP contribution in [0, 0.1) is 5.92 Å². The van der Waals surface area contributed by atoms with Gasteiger partial charge in [-0.3, -0.25) is 9.00 Å². The molecular formula is C10H20O5S. The topological polar surface area (TPSA) is 83.8 Å². The van der Waals surface area contributed by atoms with Gasteiger partial charge in [0.05, 0.1) is 25.1 Å². The number of hydrogen-bond acceptors (Lipinski definition) is 5. The first-order valence-electron chi connectivity index (χ1n) is 5.25. The highest BCUT2D eigenvalue weighted by Crippen LogP contribution is 1.99. The highest BCUT2D eigenvalue weighted by molar-refractivity contribution is 7.85. The number of esters is 1. The van der Waals surface area contributed by atoms with Crippen molar-refractivity contribution in [1.82, 2.24) is 0 Å². The Bertz CT molecular complexity index is 229. The Morgan fingerprint density at radius 3 is 2.56 bits per heavy atom. The predicted molar refractivity (Wildman–Crippen MR) is 61.4 cm³/mol. The van der Waals surface area contributed by atoms with E-state index in [2.05, 4.69) is 0 Å². The van der Waals surface area contributed by atoms with E-state index >= 15 is 0 Å². The van der Waals surface area contributed by atoms with Gasteiger partial charge in [0.15, 0.2) is 0 Å². The molecule has 0 fully saturated rings. The van der Waals surface area contributed by atoms with E-state index in [1.807, 2.05) is 13.8 Å². The minimum Gasteiger partial charge on any atom is -0.465 e. The van der Waals surface area contributed by atoms with Crippen LogP contribution in [0.4, 0.5) is 0 Å². The summed E-state index contributed by atoms with van der Waals surface area (Å²) in [6.07, 6.45) is -0.262. The summed E-state index contributed by atoms with van der Waals surface area (Å²) in [4.78, 5) is 11.1. The summed E-state index contributed by atoms with van der Waals surface area (Å²) >= 11 is 0. The molecule has 0 radical (unpaired) electrons. The predicted octanol–water partition coefficient (Wildman–Crippen LogP) is -0.322. The van der Waals surface area contributed by atoms with Gasteiger partial charge in [0.2, 0.25) is 0 Å². The second-order valence-corrected chi connectivity index (χ2v) is 5.49. The molecule has 0 aromatic carbocycles. The average molecular weight is 252 g/mol. The molecule has 6 heteroatoms. The highest BCUT2D eigenvalue weighted by Gasteiger charge is 2.13. The van der Waals surface area contributed by atoms with Crippen molar-refractivity contribution in [3.63, 3.8) is 0 Å². The number of carbonyl (C=O) groups is 1. The summed E-state index contributed by atoms with van der Waals surface area (Å²) in [6.45, 7) is 3.91. The molecule has 0 aliphatic carbocycles. The molecule has 0 spiro atoms. The van der Waals surface area contributed by atoms with Crippen molar-refractivity contribution < 1.29 is 24.0 Å². The summed E-state index contributed by atoms with van der Waals surface area (Å²) in [5, 5.41) is 17.5. The maximum Gasteiger partial charge on any atom is 0.318 e. The number of ether oxygens (including phenoxy) is 1. The Morgan fingerprint density at radius 1 is 1.44 bits per heavy atom. The van der Waals surface area contributed by atoms with Gasteiger partial charge in [-0.2, -0.15) is 0 Å². The van der Waals surface area contributed by atoms with E-state index in [0.717, 1.165) is 6.42 Å². The third-order valence-corrected chi connectivity index (χ3v) is 3.14. The summed E-state index contributed by atoms with van der Waals surface area (Å²) in [7, 11) is -1.48.